The van der Waals surface area contributed by atoms with Crippen molar-refractivity contribution in [1.82, 2.24) is 0 Å². The molecule has 0 atom stereocenters. The predicted octanol–water partition coefficient (Wildman–Crippen LogP) is 5.89. The molecule has 0 saturated heterocycles. The number of aryl methyl sites for hydroxylation is 2. The molecule has 1 aromatic heterocycles. The Balaban J connectivity index is 2.31. The van der Waals surface area contributed by atoms with Crippen LogP contribution < -0.4 is 9.75 Å². The molecule has 0 bridgehead atoms. The molecule has 142 valence electrons. The van der Waals surface area contributed by atoms with Gasteiger partial charge in [0.25, 0.3) is 0 Å². The number of fused-ring (bicyclic) bond motifs is 1. The van der Waals surface area contributed by atoms with Crippen LogP contribution in [-0.2, 0) is 7.05 Å². The van der Waals surface area contributed by atoms with Crippen LogP contribution in [0.2, 0.25) is 18.6 Å². The Morgan fingerprint density at radius 2 is 1.52 bits per heavy atom. The van der Waals surface area contributed by atoms with E-state index in [0.29, 0.717) is 0 Å². The lowest BCUT2D eigenvalue weighted by molar-refractivity contribution is -0.659. The van der Waals surface area contributed by atoms with Gasteiger partial charge in [-0.25, -0.2) is 4.57 Å². The normalized spacial score (nSPS) is 12.2. The van der Waals surface area contributed by atoms with E-state index in [0.717, 1.165) is 5.54 Å². The van der Waals surface area contributed by atoms with Gasteiger partial charge in [0, 0.05) is 6.07 Å². The maximum absolute atomic E-state index is 2.49. The van der Waals surface area contributed by atoms with Crippen LogP contribution in [-0.4, -0.2) is 8.07 Å². The molecule has 0 aliphatic heterocycles. The first-order valence-corrected chi connectivity index (χ1v) is 13.1. The molecule has 0 radical (unpaired) electrons. The Kier molecular flexibility index (Phi) is 5.07. The third-order valence-electron chi connectivity index (χ3n) is 7.06. The van der Waals surface area contributed by atoms with E-state index in [-0.39, 0.29) is 0 Å². The first kappa shape index (κ1) is 19.8. The molecule has 0 unspecified atom stereocenters. The fourth-order valence-corrected chi connectivity index (χ4v) is 5.61. The number of aromatic nitrogens is 1. The van der Waals surface area contributed by atoms with E-state index in [2.05, 4.69) is 103 Å². The van der Waals surface area contributed by atoms with Crippen molar-refractivity contribution < 1.29 is 4.57 Å². The molecule has 3 aromatic rings. The molecule has 0 spiro atoms. The summed E-state index contributed by atoms with van der Waals surface area (Å²) in [5.41, 5.74) is 9.00. The lowest BCUT2D eigenvalue weighted by Crippen LogP contribution is -2.44. The standard InChI is InChI=1S/C25H34NSi/c1-16(2)27(8,9)22-10-11-23-21(15-22)12-13-26(7)25(23)24-14-17(3)18(4)19(5)20(24)6/h10-16H,1-9H3/q+1. The van der Waals surface area contributed by atoms with Crippen LogP contribution in [0.4, 0.5) is 0 Å². The van der Waals surface area contributed by atoms with Gasteiger partial charge in [-0.05, 0) is 73.0 Å². The topological polar surface area (TPSA) is 3.88 Å². The third kappa shape index (κ3) is 3.25. The van der Waals surface area contributed by atoms with Crippen molar-refractivity contribution in [3.05, 3.63) is 58.8 Å². The zero-order valence-electron chi connectivity index (χ0n) is 18.5. The second kappa shape index (κ2) is 6.90. The van der Waals surface area contributed by atoms with Crippen molar-refractivity contribution in [2.24, 2.45) is 7.05 Å². The summed E-state index contributed by atoms with van der Waals surface area (Å²) in [5, 5.41) is 4.26. The number of nitrogens with zero attached hydrogens (tertiary/aromatic N) is 1. The molecule has 1 nitrogen and oxygen atoms in total. The second-order valence-corrected chi connectivity index (χ2v) is 14.2. The lowest BCUT2D eigenvalue weighted by Gasteiger charge is -2.27. The maximum Gasteiger partial charge on any atom is 0.220 e. The van der Waals surface area contributed by atoms with Gasteiger partial charge in [-0.2, -0.15) is 0 Å². The highest BCUT2D eigenvalue weighted by Gasteiger charge is 2.28. The largest absolute Gasteiger partial charge is 0.220 e. The molecule has 0 N–H and O–H groups in total. The zero-order chi connectivity index (χ0) is 20.1. The predicted molar refractivity (Wildman–Crippen MR) is 122 cm³/mol. The van der Waals surface area contributed by atoms with Gasteiger partial charge in [0.1, 0.15) is 7.05 Å². The Bertz CT molecular complexity index is 1030. The van der Waals surface area contributed by atoms with Crippen molar-refractivity contribution in [3.8, 4) is 11.3 Å². The van der Waals surface area contributed by atoms with Gasteiger partial charge < -0.3 is 0 Å². The molecule has 3 rings (SSSR count). The molecule has 0 aliphatic rings. The van der Waals surface area contributed by atoms with Gasteiger partial charge >= 0.3 is 0 Å². The molecular weight excluding hydrogens is 342 g/mol. The summed E-state index contributed by atoms with van der Waals surface area (Å²) in [6.45, 7) is 18.7. The van der Waals surface area contributed by atoms with E-state index < -0.39 is 8.07 Å². The van der Waals surface area contributed by atoms with Crippen molar-refractivity contribution >= 4 is 24.0 Å². The Hall–Kier alpha value is -1.93. The fraction of sp³-hybridized carbons (Fsp3) is 0.400. The van der Waals surface area contributed by atoms with E-state index in [4.69, 9.17) is 0 Å². The molecule has 0 saturated carbocycles. The first-order chi connectivity index (χ1) is 12.6. The Morgan fingerprint density at radius 3 is 2.15 bits per heavy atom. The summed E-state index contributed by atoms with van der Waals surface area (Å²) in [6, 6.07) is 11.8. The van der Waals surface area contributed by atoms with Crippen LogP contribution >= 0.6 is 0 Å². The summed E-state index contributed by atoms with van der Waals surface area (Å²) in [4.78, 5) is 0. The lowest BCUT2D eigenvalue weighted by atomic mass is 9.91. The van der Waals surface area contributed by atoms with Crippen LogP contribution in [0.1, 0.15) is 36.1 Å². The average molecular weight is 377 g/mol. The Labute approximate surface area is 166 Å². The van der Waals surface area contributed by atoms with Gasteiger partial charge in [-0.15, -0.1) is 0 Å². The molecule has 0 amide bonds. The number of rotatable bonds is 3. The zero-order valence-corrected chi connectivity index (χ0v) is 19.5. The van der Waals surface area contributed by atoms with E-state index in [1.165, 1.54) is 44.3 Å². The molecule has 0 aliphatic carbocycles. The fourth-order valence-electron chi connectivity index (χ4n) is 3.90. The minimum atomic E-state index is -1.43. The number of pyridine rings is 1. The number of hydrogen-bond acceptors (Lipinski definition) is 0. The molecule has 2 heteroatoms. The smallest absolute Gasteiger partial charge is 0.200 e. The molecular formula is C25H34NSi+. The highest BCUT2D eigenvalue weighted by Crippen LogP contribution is 2.32. The van der Waals surface area contributed by atoms with Gasteiger partial charge in [0.2, 0.25) is 5.69 Å². The summed E-state index contributed by atoms with van der Waals surface area (Å²) in [7, 11) is 0.739. The van der Waals surface area contributed by atoms with E-state index in [1.807, 2.05) is 0 Å². The minimum absolute atomic E-state index is 0.735. The monoisotopic (exact) mass is 376 g/mol. The summed E-state index contributed by atoms with van der Waals surface area (Å²) in [5.74, 6) is 0. The third-order valence-corrected chi connectivity index (χ3v) is 11.7. The first-order valence-electron chi connectivity index (χ1n) is 10.1. The van der Waals surface area contributed by atoms with Crippen LogP contribution in [0.25, 0.3) is 22.0 Å². The van der Waals surface area contributed by atoms with Gasteiger partial charge in [0.15, 0.2) is 6.20 Å². The summed E-state index contributed by atoms with van der Waals surface area (Å²) in [6.07, 6.45) is 2.22. The number of benzene rings is 2. The van der Waals surface area contributed by atoms with Crippen LogP contribution in [0.15, 0.2) is 36.5 Å². The van der Waals surface area contributed by atoms with E-state index in [1.54, 1.807) is 5.19 Å². The highest BCUT2D eigenvalue weighted by atomic mass is 28.3. The maximum atomic E-state index is 2.49. The van der Waals surface area contributed by atoms with E-state index >= 15 is 0 Å². The molecule has 27 heavy (non-hydrogen) atoms. The van der Waals surface area contributed by atoms with Crippen LogP contribution in [0.3, 0.4) is 0 Å². The van der Waals surface area contributed by atoms with E-state index in [9.17, 15) is 0 Å². The number of hydrogen-bond donors (Lipinski definition) is 0. The van der Waals surface area contributed by atoms with Crippen molar-refractivity contribution in [2.75, 3.05) is 0 Å². The SMILES string of the molecule is Cc1cc(-c2c3ccc([Si](C)(C)C(C)C)cc3cc[n+]2C)c(C)c(C)c1C. The summed E-state index contributed by atoms with van der Waals surface area (Å²) >= 11 is 0. The second-order valence-electron chi connectivity index (χ2n) is 9.07. The quantitative estimate of drug-likeness (QED) is 0.396. The van der Waals surface area contributed by atoms with Crippen LogP contribution in [0.5, 0.6) is 0 Å². The summed E-state index contributed by atoms with van der Waals surface area (Å²) < 4.78 is 2.28. The van der Waals surface area contributed by atoms with Gasteiger partial charge in [-0.1, -0.05) is 44.3 Å². The molecule has 0 fully saturated rings. The highest BCUT2D eigenvalue weighted by molar-refractivity contribution is 6.91. The van der Waals surface area contributed by atoms with Crippen molar-refractivity contribution in [3.63, 3.8) is 0 Å². The Morgan fingerprint density at radius 1 is 0.852 bits per heavy atom. The minimum Gasteiger partial charge on any atom is -0.200 e. The van der Waals surface area contributed by atoms with Crippen LogP contribution in [0, 0.1) is 27.7 Å². The van der Waals surface area contributed by atoms with Gasteiger partial charge in [-0.3, -0.25) is 0 Å². The molecule has 2 aromatic carbocycles. The van der Waals surface area contributed by atoms with Crippen molar-refractivity contribution in [1.29, 1.82) is 0 Å². The van der Waals surface area contributed by atoms with Crippen molar-refractivity contribution in [2.45, 2.75) is 60.2 Å². The average Bonchev–Trinajstić information content (AvgIpc) is 2.62. The van der Waals surface area contributed by atoms with Gasteiger partial charge in [0.05, 0.1) is 19.0 Å². The molecule has 1 heterocycles.